The van der Waals surface area contributed by atoms with Crippen LogP contribution in [0.5, 0.6) is 0 Å². The Morgan fingerprint density at radius 3 is 2.68 bits per heavy atom. The predicted molar refractivity (Wildman–Crippen MR) is 102 cm³/mol. The van der Waals surface area contributed by atoms with Crippen molar-refractivity contribution in [2.45, 2.75) is 34.6 Å². The second-order valence-corrected chi connectivity index (χ2v) is 7.02. The van der Waals surface area contributed by atoms with Crippen LogP contribution in [0.1, 0.15) is 39.1 Å². The van der Waals surface area contributed by atoms with Gasteiger partial charge in [-0.1, -0.05) is 12.1 Å². The number of rotatable bonds is 4. The second kappa shape index (κ2) is 6.80. The van der Waals surface area contributed by atoms with E-state index in [4.69, 9.17) is 4.74 Å². The summed E-state index contributed by atoms with van der Waals surface area (Å²) in [6.45, 7) is 10.0. The number of esters is 1. The second-order valence-electron chi connectivity index (χ2n) is 6.02. The van der Waals surface area contributed by atoms with Gasteiger partial charge < -0.3 is 10.1 Å². The molecule has 0 aliphatic carbocycles. The molecule has 5 nitrogen and oxygen atoms in total. The van der Waals surface area contributed by atoms with Crippen molar-refractivity contribution in [1.29, 1.82) is 0 Å². The summed E-state index contributed by atoms with van der Waals surface area (Å²) in [4.78, 5) is 22.7. The molecule has 0 radical (unpaired) electrons. The smallest absolute Gasteiger partial charge is 0.348 e. The van der Waals surface area contributed by atoms with E-state index in [1.165, 1.54) is 16.9 Å². The molecule has 0 saturated heterocycles. The van der Waals surface area contributed by atoms with E-state index in [1.807, 2.05) is 13.8 Å². The molecule has 0 fully saturated rings. The fourth-order valence-electron chi connectivity index (χ4n) is 2.73. The average Bonchev–Trinajstić information content (AvgIpc) is 2.88. The maximum Gasteiger partial charge on any atom is 0.348 e. The summed E-state index contributed by atoms with van der Waals surface area (Å²) >= 11 is 1.35. The quantitative estimate of drug-likeness (QED) is 0.678. The Morgan fingerprint density at radius 2 is 1.96 bits per heavy atom. The zero-order chi connectivity index (χ0) is 18.1. The molecule has 0 atom stereocenters. The van der Waals surface area contributed by atoms with Gasteiger partial charge in [-0.25, -0.2) is 14.8 Å². The number of fused-ring (bicyclic) bond motifs is 1. The molecule has 1 N–H and O–H groups in total. The molecule has 0 bridgehead atoms. The maximum atomic E-state index is 12.2. The average molecular weight is 355 g/mol. The Hall–Kier alpha value is -2.47. The predicted octanol–water partition coefficient (Wildman–Crippen LogP) is 4.85. The minimum Gasteiger partial charge on any atom is -0.462 e. The number of ether oxygens (including phenoxy) is 1. The summed E-state index contributed by atoms with van der Waals surface area (Å²) in [6.07, 6.45) is 0. The molecule has 1 aromatic carbocycles. The van der Waals surface area contributed by atoms with Crippen molar-refractivity contribution >= 4 is 39.0 Å². The van der Waals surface area contributed by atoms with Crippen LogP contribution in [0.15, 0.2) is 18.2 Å². The van der Waals surface area contributed by atoms with Crippen LogP contribution in [0.4, 0.5) is 11.5 Å². The maximum absolute atomic E-state index is 12.2. The molecule has 130 valence electrons. The number of thiophene rings is 1. The van der Waals surface area contributed by atoms with Crippen molar-refractivity contribution in [2.75, 3.05) is 11.9 Å². The van der Waals surface area contributed by atoms with Gasteiger partial charge in [-0.3, -0.25) is 0 Å². The van der Waals surface area contributed by atoms with Gasteiger partial charge in [-0.05, 0) is 57.4 Å². The van der Waals surface area contributed by atoms with E-state index in [2.05, 4.69) is 47.3 Å². The molecule has 3 rings (SSSR count). The number of nitrogens with one attached hydrogen (secondary N) is 1. The number of anilines is 2. The van der Waals surface area contributed by atoms with E-state index in [-0.39, 0.29) is 5.97 Å². The van der Waals surface area contributed by atoms with Gasteiger partial charge in [-0.15, -0.1) is 11.3 Å². The monoisotopic (exact) mass is 355 g/mol. The Kier molecular flexibility index (Phi) is 4.72. The third-order valence-corrected chi connectivity index (χ3v) is 5.17. The number of aryl methyl sites for hydroxylation is 4. The fraction of sp³-hybridized carbons (Fsp3) is 0.316. The van der Waals surface area contributed by atoms with Crippen LogP contribution < -0.4 is 5.32 Å². The summed E-state index contributed by atoms with van der Waals surface area (Å²) in [5, 5.41) is 4.30. The van der Waals surface area contributed by atoms with Crippen molar-refractivity contribution in [2.24, 2.45) is 0 Å². The summed E-state index contributed by atoms with van der Waals surface area (Å²) in [7, 11) is 0. The van der Waals surface area contributed by atoms with Crippen molar-refractivity contribution < 1.29 is 9.53 Å². The van der Waals surface area contributed by atoms with Crippen LogP contribution in [0.25, 0.3) is 10.2 Å². The minimum absolute atomic E-state index is 0.307. The number of aromatic nitrogens is 2. The van der Waals surface area contributed by atoms with Crippen molar-refractivity contribution in [3.63, 3.8) is 0 Å². The lowest BCUT2D eigenvalue weighted by Gasteiger charge is -2.12. The first-order valence-electron chi connectivity index (χ1n) is 8.19. The third kappa shape index (κ3) is 3.35. The SMILES string of the molecule is CCOC(=O)c1sc2nc(C)nc(Nc3cc(C)ccc3C)c2c1C. The van der Waals surface area contributed by atoms with Crippen molar-refractivity contribution in [3.8, 4) is 0 Å². The molecule has 0 unspecified atom stereocenters. The van der Waals surface area contributed by atoms with E-state index < -0.39 is 0 Å². The zero-order valence-corrected chi connectivity index (χ0v) is 15.9. The first kappa shape index (κ1) is 17.4. The molecule has 0 aliphatic rings. The molecule has 0 spiro atoms. The number of carbonyl (C=O) groups is 1. The first-order valence-corrected chi connectivity index (χ1v) is 9.01. The lowest BCUT2D eigenvalue weighted by Crippen LogP contribution is -2.04. The minimum atomic E-state index is -0.307. The van der Waals surface area contributed by atoms with Crippen LogP contribution >= 0.6 is 11.3 Å². The Morgan fingerprint density at radius 1 is 1.20 bits per heavy atom. The largest absolute Gasteiger partial charge is 0.462 e. The third-order valence-electron chi connectivity index (χ3n) is 4.01. The molecule has 0 aliphatic heterocycles. The number of carbonyl (C=O) groups excluding carboxylic acids is 1. The first-order chi connectivity index (χ1) is 11.9. The van der Waals surface area contributed by atoms with Crippen molar-refractivity contribution in [1.82, 2.24) is 9.97 Å². The van der Waals surface area contributed by atoms with Gasteiger partial charge in [-0.2, -0.15) is 0 Å². The molecule has 2 heterocycles. The van der Waals surface area contributed by atoms with Crippen LogP contribution in [0.2, 0.25) is 0 Å². The van der Waals surface area contributed by atoms with E-state index in [0.29, 0.717) is 17.3 Å². The molecule has 25 heavy (non-hydrogen) atoms. The molecule has 6 heteroatoms. The molecule has 0 amide bonds. The lowest BCUT2D eigenvalue weighted by molar-refractivity contribution is 0.0531. The lowest BCUT2D eigenvalue weighted by atomic mass is 10.1. The number of nitrogens with zero attached hydrogens (tertiary/aromatic N) is 2. The molecular weight excluding hydrogens is 334 g/mol. The fourth-order valence-corrected chi connectivity index (χ4v) is 3.85. The van der Waals surface area contributed by atoms with E-state index >= 15 is 0 Å². The molecule has 0 saturated carbocycles. The summed E-state index contributed by atoms with van der Waals surface area (Å²) in [6, 6.07) is 6.25. The van der Waals surface area contributed by atoms with Crippen LogP contribution in [-0.2, 0) is 4.74 Å². The number of hydrogen-bond acceptors (Lipinski definition) is 6. The van der Waals surface area contributed by atoms with Gasteiger partial charge in [0.25, 0.3) is 0 Å². The van der Waals surface area contributed by atoms with Crippen molar-refractivity contribution in [3.05, 3.63) is 45.6 Å². The van der Waals surface area contributed by atoms with Gasteiger partial charge in [0.15, 0.2) is 0 Å². The highest BCUT2D eigenvalue weighted by Gasteiger charge is 2.21. The van der Waals surface area contributed by atoms with E-state index in [9.17, 15) is 4.79 Å². The summed E-state index contributed by atoms with van der Waals surface area (Å²) in [5.74, 6) is 1.08. The number of benzene rings is 1. The summed E-state index contributed by atoms with van der Waals surface area (Å²) in [5.41, 5.74) is 4.16. The van der Waals surface area contributed by atoms with Gasteiger partial charge >= 0.3 is 5.97 Å². The van der Waals surface area contributed by atoms with Gasteiger partial charge in [0.1, 0.15) is 21.3 Å². The van der Waals surface area contributed by atoms with Crippen LogP contribution in [0, 0.1) is 27.7 Å². The molecule has 3 aromatic rings. The Labute approximate surface area is 151 Å². The topological polar surface area (TPSA) is 64.1 Å². The zero-order valence-electron chi connectivity index (χ0n) is 15.1. The number of hydrogen-bond donors (Lipinski definition) is 1. The standard InChI is InChI=1S/C19H21N3O2S/c1-6-24-19(23)16-12(4)15-17(20-13(5)21-18(15)25-16)22-14-9-10(2)7-8-11(14)3/h7-9H,6H2,1-5H3,(H,20,21,22). The van der Waals surface area contributed by atoms with Gasteiger partial charge in [0.2, 0.25) is 0 Å². The highest BCUT2D eigenvalue weighted by molar-refractivity contribution is 7.20. The normalized spacial score (nSPS) is 10.9. The Balaban J connectivity index is 2.14. The van der Waals surface area contributed by atoms with Crippen LogP contribution in [0.3, 0.4) is 0 Å². The Bertz CT molecular complexity index is 963. The molecular formula is C19H21N3O2S. The van der Waals surface area contributed by atoms with Gasteiger partial charge in [0, 0.05) is 5.69 Å². The van der Waals surface area contributed by atoms with Crippen LogP contribution in [-0.4, -0.2) is 22.5 Å². The van der Waals surface area contributed by atoms with E-state index in [1.54, 1.807) is 6.92 Å². The molecule has 2 aromatic heterocycles. The highest BCUT2D eigenvalue weighted by Crippen LogP contribution is 2.36. The highest BCUT2D eigenvalue weighted by atomic mass is 32.1. The van der Waals surface area contributed by atoms with E-state index in [0.717, 1.165) is 32.8 Å². The van der Waals surface area contributed by atoms with Gasteiger partial charge in [0.05, 0.1) is 12.0 Å². The summed E-state index contributed by atoms with van der Waals surface area (Å²) < 4.78 is 5.16.